The smallest absolute Gasteiger partial charge is 0.306 e. The van der Waals surface area contributed by atoms with Gasteiger partial charge in [-0.05, 0) is 154 Å². The van der Waals surface area contributed by atoms with E-state index in [2.05, 4.69) is 191 Å². The number of hydrogen-bond acceptors (Lipinski definition) is 6. The number of carbonyl (C=O) groups is 3. The highest BCUT2D eigenvalue weighted by molar-refractivity contribution is 5.71. The van der Waals surface area contributed by atoms with E-state index in [-0.39, 0.29) is 31.1 Å². The molecular formula is C76H120O6. The summed E-state index contributed by atoms with van der Waals surface area (Å²) >= 11 is 0. The molecule has 0 aliphatic rings. The van der Waals surface area contributed by atoms with Crippen LogP contribution in [-0.2, 0) is 28.6 Å². The first-order valence-corrected chi connectivity index (χ1v) is 33.1. The van der Waals surface area contributed by atoms with Crippen molar-refractivity contribution in [1.29, 1.82) is 0 Å². The van der Waals surface area contributed by atoms with E-state index < -0.39 is 6.10 Å². The van der Waals surface area contributed by atoms with Crippen LogP contribution < -0.4 is 0 Å². The predicted octanol–water partition coefficient (Wildman–Crippen LogP) is 23.0. The van der Waals surface area contributed by atoms with E-state index in [4.69, 9.17) is 14.2 Å². The molecule has 6 nitrogen and oxygen atoms in total. The normalized spacial score (nSPS) is 13.3. The van der Waals surface area contributed by atoms with Gasteiger partial charge < -0.3 is 14.2 Å². The molecule has 0 amide bonds. The van der Waals surface area contributed by atoms with Gasteiger partial charge in [-0.25, -0.2) is 0 Å². The predicted molar refractivity (Wildman–Crippen MR) is 357 cm³/mol. The van der Waals surface area contributed by atoms with Crippen LogP contribution >= 0.6 is 0 Å². The van der Waals surface area contributed by atoms with Crippen LogP contribution in [-0.4, -0.2) is 37.2 Å². The lowest BCUT2D eigenvalue weighted by Gasteiger charge is -2.18. The summed E-state index contributed by atoms with van der Waals surface area (Å²) < 4.78 is 16.9. The van der Waals surface area contributed by atoms with E-state index in [0.717, 1.165) is 180 Å². The average molecular weight is 1130 g/mol. The van der Waals surface area contributed by atoms with Crippen molar-refractivity contribution in [2.75, 3.05) is 13.2 Å². The third-order valence-corrected chi connectivity index (χ3v) is 13.4. The minimum Gasteiger partial charge on any atom is -0.462 e. The van der Waals surface area contributed by atoms with Crippen LogP contribution in [0.1, 0.15) is 271 Å². The van der Waals surface area contributed by atoms with Crippen LogP contribution in [0.15, 0.2) is 170 Å². The van der Waals surface area contributed by atoms with Gasteiger partial charge in [0, 0.05) is 19.3 Å². The van der Waals surface area contributed by atoms with E-state index in [9.17, 15) is 14.4 Å². The van der Waals surface area contributed by atoms with Gasteiger partial charge >= 0.3 is 17.9 Å². The van der Waals surface area contributed by atoms with Crippen molar-refractivity contribution in [1.82, 2.24) is 0 Å². The quantitative estimate of drug-likeness (QED) is 0.0261. The molecule has 0 spiro atoms. The number of ether oxygens (including phenoxy) is 3. The van der Waals surface area contributed by atoms with Crippen LogP contribution in [0.4, 0.5) is 0 Å². The number of allylic oxidation sites excluding steroid dienone is 28. The van der Waals surface area contributed by atoms with Crippen LogP contribution in [0.3, 0.4) is 0 Å². The van der Waals surface area contributed by atoms with Gasteiger partial charge in [-0.15, -0.1) is 0 Å². The third-order valence-electron chi connectivity index (χ3n) is 13.4. The lowest BCUT2D eigenvalue weighted by Crippen LogP contribution is -2.30. The number of rotatable bonds is 58. The summed E-state index contributed by atoms with van der Waals surface area (Å²) in [6.07, 6.45) is 101. The molecule has 82 heavy (non-hydrogen) atoms. The van der Waals surface area contributed by atoms with Gasteiger partial charge in [0.2, 0.25) is 0 Å². The Hall–Kier alpha value is -5.23. The molecule has 0 N–H and O–H groups in total. The van der Waals surface area contributed by atoms with Gasteiger partial charge in [-0.3, -0.25) is 14.4 Å². The lowest BCUT2D eigenvalue weighted by atomic mass is 10.1. The fraction of sp³-hybridized carbons (Fsp3) is 0.592. The molecule has 0 aliphatic heterocycles. The molecule has 6 heteroatoms. The zero-order chi connectivity index (χ0) is 59.2. The van der Waals surface area contributed by atoms with Crippen molar-refractivity contribution in [3.05, 3.63) is 170 Å². The van der Waals surface area contributed by atoms with Gasteiger partial charge in [-0.2, -0.15) is 0 Å². The summed E-state index contributed by atoms with van der Waals surface area (Å²) in [7, 11) is 0. The maximum absolute atomic E-state index is 12.9. The van der Waals surface area contributed by atoms with Gasteiger partial charge in [0.1, 0.15) is 13.2 Å². The highest BCUT2D eigenvalue weighted by Crippen LogP contribution is 2.14. The Bertz CT molecular complexity index is 1870. The van der Waals surface area contributed by atoms with Crippen LogP contribution in [0.2, 0.25) is 0 Å². The second-order valence-electron chi connectivity index (χ2n) is 21.3. The summed E-state index contributed by atoms with van der Waals surface area (Å²) in [6.45, 7) is 6.35. The fourth-order valence-electron chi connectivity index (χ4n) is 8.54. The molecule has 0 aliphatic carbocycles. The van der Waals surface area contributed by atoms with E-state index in [1.165, 1.54) is 51.4 Å². The highest BCUT2D eigenvalue weighted by Gasteiger charge is 2.19. The first-order valence-electron chi connectivity index (χ1n) is 33.1. The Labute approximate surface area is 504 Å². The Balaban J connectivity index is 4.46. The van der Waals surface area contributed by atoms with E-state index >= 15 is 0 Å². The van der Waals surface area contributed by atoms with Crippen LogP contribution in [0.25, 0.3) is 0 Å². The number of carbonyl (C=O) groups excluding carboxylic acids is 3. The van der Waals surface area contributed by atoms with Crippen molar-refractivity contribution in [3.63, 3.8) is 0 Å². The molecule has 460 valence electrons. The highest BCUT2D eigenvalue weighted by atomic mass is 16.6. The summed E-state index contributed by atoms with van der Waals surface area (Å²) in [5, 5.41) is 0. The largest absolute Gasteiger partial charge is 0.462 e. The summed E-state index contributed by atoms with van der Waals surface area (Å²) in [5.74, 6) is -0.967. The Morgan fingerprint density at radius 3 is 0.756 bits per heavy atom. The standard InChI is InChI=1S/C76H120O6/c1-4-7-10-13-16-19-22-25-28-31-32-33-34-35-36-37-38-39-40-41-42-43-44-46-48-51-54-57-60-63-66-69-75(78)81-72-73(71-80-74(77)68-65-62-59-56-53-50-47-30-27-24-21-18-15-12-9-6-3)82-76(79)70-67-64-61-58-55-52-49-45-29-26-23-20-17-14-11-8-5-2/h7-8,10-11,16-17,19-21,24-26,28-30,32-33,35-36,38-39,41-42,44,46-47,51,54,73H,4-6,9,12-15,18,22-23,27,31,34,37,40,43,45,48-50,52-53,55-72H2,1-3H3/b10-7-,11-8-,19-16-,20-17-,24-21-,28-25-,29-26-,33-32-,36-35-,39-38-,42-41-,46-44-,47-30-,54-51-. The van der Waals surface area contributed by atoms with Crippen molar-refractivity contribution in [2.24, 2.45) is 0 Å². The Morgan fingerprint density at radius 1 is 0.256 bits per heavy atom. The second-order valence-corrected chi connectivity index (χ2v) is 21.3. The molecular weight excluding hydrogens is 1010 g/mol. The molecule has 0 aromatic heterocycles. The van der Waals surface area contributed by atoms with Gasteiger partial charge in [-0.1, -0.05) is 268 Å². The number of unbranched alkanes of at least 4 members (excludes halogenated alkanes) is 19. The van der Waals surface area contributed by atoms with Crippen molar-refractivity contribution < 1.29 is 28.6 Å². The Morgan fingerprint density at radius 2 is 0.476 bits per heavy atom. The minimum absolute atomic E-state index is 0.107. The SMILES string of the molecule is CC/C=C\C/C=C\C/C=C\C/C=C\C/C=C\C/C=C\C/C=C\C/C=C\C/C=C\CCCCCC(=O)OCC(COC(=O)CCCCCCC/C=C\C/C=C\CCCCCC)OC(=O)CCCCCCCCC/C=C\C/C=C\C/C=C\CC. The summed E-state index contributed by atoms with van der Waals surface area (Å²) in [6, 6.07) is 0. The zero-order valence-electron chi connectivity index (χ0n) is 52.7. The molecule has 0 fully saturated rings. The maximum atomic E-state index is 12.9. The van der Waals surface area contributed by atoms with Crippen molar-refractivity contribution in [2.45, 2.75) is 277 Å². The van der Waals surface area contributed by atoms with E-state index in [1.54, 1.807) is 0 Å². The Kier molecular flexibility index (Phi) is 63.9. The number of hydrogen-bond donors (Lipinski definition) is 0. The van der Waals surface area contributed by atoms with E-state index in [1.807, 2.05) is 0 Å². The molecule has 0 aromatic carbocycles. The molecule has 0 rings (SSSR count). The average Bonchev–Trinajstić information content (AvgIpc) is 3.48. The number of esters is 3. The zero-order valence-corrected chi connectivity index (χ0v) is 52.7. The van der Waals surface area contributed by atoms with E-state index in [0.29, 0.717) is 19.3 Å². The molecule has 0 aromatic rings. The summed E-state index contributed by atoms with van der Waals surface area (Å²) in [4.78, 5) is 38.4. The summed E-state index contributed by atoms with van der Waals surface area (Å²) in [5.41, 5.74) is 0. The lowest BCUT2D eigenvalue weighted by molar-refractivity contribution is -0.167. The molecule has 0 saturated carbocycles. The van der Waals surface area contributed by atoms with Gasteiger partial charge in [0.15, 0.2) is 6.10 Å². The minimum atomic E-state index is -0.814. The second kappa shape index (κ2) is 68.3. The molecule has 0 heterocycles. The van der Waals surface area contributed by atoms with Crippen molar-refractivity contribution >= 4 is 17.9 Å². The van der Waals surface area contributed by atoms with Crippen LogP contribution in [0.5, 0.6) is 0 Å². The first kappa shape index (κ1) is 76.8. The monoisotopic (exact) mass is 1130 g/mol. The molecule has 1 atom stereocenters. The van der Waals surface area contributed by atoms with Crippen LogP contribution in [0, 0.1) is 0 Å². The fourth-order valence-corrected chi connectivity index (χ4v) is 8.54. The first-order chi connectivity index (χ1) is 40.5. The molecule has 0 radical (unpaired) electrons. The molecule has 0 saturated heterocycles. The molecule has 0 bridgehead atoms. The maximum Gasteiger partial charge on any atom is 0.306 e. The van der Waals surface area contributed by atoms with Gasteiger partial charge in [0.05, 0.1) is 0 Å². The van der Waals surface area contributed by atoms with Crippen molar-refractivity contribution in [3.8, 4) is 0 Å². The molecule has 1 unspecified atom stereocenters. The third kappa shape index (κ3) is 65.6. The topological polar surface area (TPSA) is 78.9 Å². The van der Waals surface area contributed by atoms with Gasteiger partial charge in [0.25, 0.3) is 0 Å².